The molecule has 0 atom stereocenters. The van der Waals surface area contributed by atoms with Gasteiger partial charge in [-0.1, -0.05) is 23.7 Å². The van der Waals surface area contributed by atoms with Gasteiger partial charge in [-0.25, -0.2) is 8.42 Å². The zero-order valence-corrected chi connectivity index (χ0v) is 16.0. The molecule has 5 nitrogen and oxygen atoms in total. The molecule has 0 aliphatic carbocycles. The number of carbonyl (C=O) groups excluding carboxylic acids is 1. The summed E-state index contributed by atoms with van der Waals surface area (Å²) in [5.41, 5.74) is 1.62. The number of benzene rings is 2. The molecule has 0 unspecified atom stereocenters. The number of halogens is 1. The fourth-order valence-corrected chi connectivity index (χ4v) is 4.09. The molecule has 2 aromatic rings. The van der Waals surface area contributed by atoms with Gasteiger partial charge in [-0.2, -0.15) is 0 Å². The Morgan fingerprint density at radius 1 is 1.12 bits per heavy atom. The van der Waals surface area contributed by atoms with Gasteiger partial charge in [0, 0.05) is 24.3 Å². The van der Waals surface area contributed by atoms with E-state index in [1.807, 2.05) is 20.8 Å². The Morgan fingerprint density at radius 2 is 1.80 bits per heavy atom. The molecule has 1 amide bonds. The van der Waals surface area contributed by atoms with Crippen molar-refractivity contribution in [1.82, 2.24) is 4.90 Å². The van der Waals surface area contributed by atoms with Crippen LogP contribution in [0.15, 0.2) is 47.4 Å². The summed E-state index contributed by atoms with van der Waals surface area (Å²) in [4.78, 5) is 14.1. The summed E-state index contributed by atoms with van der Waals surface area (Å²) >= 11 is 6.06. The molecule has 0 saturated heterocycles. The van der Waals surface area contributed by atoms with E-state index in [-0.39, 0.29) is 15.8 Å². The third kappa shape index (κ3) is 4.52. The van der Waals surface area contributed by atoms with Crippen molar-refractivity contribution in [2.24, 2.45) is 0 Å². The molecule has 0 aliphatic heterocycles. The lowest BCUT2D eigenvalue weighted by Gasteiger charge is -2.19. The van der Waals surface area contributed by atoms with Crippen molar-refractivity contribution < 1.29 is 13.2 Å². The number of hydrogen-bond donors (Lipinski definition) is 1. The van der Waals surface area contributed by atoms with Crippen molar-refractivity contribution in [2.75, 3.05) is 17.8 Å². The van der Waals surface area contributed by atoms with Crippen molar-refractivity contribution in [3.05, 3.63) is 58.6 Å². The first-order chi connectivity index (χ1) is 11.8. The standard InChI is InChI=1S/C18H21ClN2O3S/c1-4-21(5-2)18(22)14-7-6-8-15(12-14)20-25(23,24)17-10-9-13(3)11-16(17)19/h6-12,20H,4-5H2,1-3H3. The van der Waals surface area contributed by atoms with Crippen LogP contribution < -0.4 is 4.72 Å². The lowest BCUT2D eigenvalue weighted by Crippen LogP contribution is -2.30. The normalized spacial score (nSPS) is 11.2. The fourth-order valence-electron chi connectivity index (χ4n) is 2.44. The van der Waals surface area contributed by atoms with E-state index in [0.29, 0.717) is 24.3 Å². The average molecular weight is 381 g/mol. The Hall–Kier alpha value is -2.05. The van der Waals surface area contributed by atoms with Crippen molar-refractivity contribution >= 4 is 33.2 Å². The molecule has 0 spiro atoms. The number of amides is 1. The molecule has 2 rings (SSSR count). The van der Waals surface area contributed by atoms with E-state index < -0.39 is 10.0 Å². The number of carbonyl (C=O) groups is 1. The van der Waals surface area contributed by atoms with Crippen LogP contribution in [0, 0.1) is 6.92 Å². The van der Waals surface area contributed by atoms with Crippen LogP contribution in [-0.4, -0.2) is 32.3 Å². The van der Waals surface area contributed by atoms with Gasteiger partial charge in [0.15, 0.2) is 0 Å². The van der Waals surface area contributed by atoms with Crippen LogP contribution in [-0.2, 0) is 10.0 Å². The lowest BCUT2D eigenvalue weighted by molar-refractivity contribution is 0.0773. The predicted octanol–water partition coefficient (Wildman–Crippen LogP) is 3.93. The van der Waals surface area contributed by atoms with Crippen LogP contribution in [0.3, 0.4) is 0 Å². The monoisotopic (exact) mass is 380 g/mol. The number of sulfonamides is 1. The summed E-state index contributed by atoms with van der Waals surface area (Å²) in [6.07, 6.45) is 0. The molecular formula is C18H21ClN2O3S. The van der Waals surface area contributed by atoms with E-state index in [9.17, 15) is 13.2 Å². The predicted molar refractivity (Wildman–Crippen MR) is 101 cm³/mol. The van der Waals surface area contributed by atoms with Crippen LogP contribution in [0.4, 0.5) is 5.69 Å². The van der Waals surface area contributed by atoms with Crippen LogP contribution in [0.2, 0.25) is 5.02 Å². The van der Waals surface area contributed by atoms with Crippen LogP contribution >= 0.6 is 11.6 Å². The highest BCUT2D eigenvalue weighted by molar-refractivity contribution is 7.92. The SMILES string of the molecule is CCN(CC)C(=O)c1cccc(NS(=O)(=O)c2ccc(C)cc2Cl)c1. The summed E-state index contributed by atoms with van der Waals surface area (Å²) in [7, 11) is -3.84. The third-order valence-electron chi connectivity index (χ3n) is 3.79. The Bertz CT molecular complexity index is 878. The minimum Gasteiger partial charge on any atom is -0.339 e. The molecule has 0 heterocycles. The molecule has 0 radical (unpaired) electrons. The first-order valence-corrected chi connectivity index (χ1v) is 9.83. The number of nitrogens with zero attached hydrogens (tertiary/aromatic N) is 1. The Morgan fingerprint density at radius 3 is 2.40 bits per heavy atom. The second kappa shape index (κ2) is 7.89. The number of hydrogen-bond acceptors (Lipinski definition) is 3. The second-order valence-corrected chi connectivity index (χ2v) is 7.66. The molecule has 7 heteroatoms. The number of nitrogens with one attached hydrogen (secondary N) is 1. The van der Waals surface area contributed by atoms with Crippen LogP contribution in [0.25, 0.3) is 0 Å². The van der Waals surface area contributed by atoms with E-state index in [1.165, 1.54) is 12.1 Å². The molecule has 2 aromatic carbocycles. The minimum atomic E-state index is -3.84. The molecule has 134 valence electrons. The molecule has 0 aliphatic rings. The summed E-state index contributed by atoms with van der Waals surface area (Å²) in [5.74, 6) is -0.139. The van der Waals surface area contributed by atoms with E-state index >= 15 is 0 Å². The highest BCUT2D eigenvalue weighted by Crippen LogP contribution is 2.25. The highest BCUT2D eigenvalue weighted by atomic mass is 35.5. The average Bonchev–Trinajstić information content (AvgIpc) is 2.55. The molecular weight excluding hydrogens is 360 g/mol. The van der Waals surface area contributed by atoms with Crippen LogP contribution in [0.5, 0.6) is 0 Å². The lowest BCUT2D eigenvalue weighted by atomic mass is 10.2. The van der Waals surface area contributed by atoms with E-state index in [0.717, 1.165) is 5.56 Å². The van der Waals surface area contributed by atoms with Gasteiger partial charge in [-0.05, 0) is 56.7 Å². The fraction of sp³-hybridized carbons (Fsp3) is 0.278. The molecule has 0 fully saturated rings. The van der Waals surface area contributed by atoms with Gasteiger partial charge in [0.05, 0.1) is 5.02 Å². The molecule has 1 N–H and O–H groups in total. The van der Waals surface area contributed by atoms with E-state index in [1.54, 1.807) is 35.2 Å². The van der Waals surface area contributed by atoms with Gasteiger partial charge >= 0.3 is 0 Å². The Labute approximate surface area is 153 Å². The van der Waals surface area contributed by atoms with Crippen molar-refractivity contribution in [3.63, 3.8) is 0 Å². The van der Waals surface area contributed by atoms with Gasteiger partial charge in [0.2, 0.25) is 0 Å². The summed E-state index contributed by atoms with van der Waals surface area (Å²) in [5, 5.41) is 0.155. The summed E-state index contributed by atoms with van der Waals surface area (Å²) in [6.45, 7) is 6.80. The van der Waals surface area contributed by atoms with Crippen molar-refractivity contribution in [2.45, 2.75) is 25.7 Å². The van der Waals surface area contributed by atoms with Gasteiger partial charge in [0.1, 0.15) is 4.90 Å². The number of rotatable bonds is 6. The van der Waals surface area contributed by atoms with Gasteiger partial charge in [0.25, 0.3) is 15.9 Å². The summed E-state index contributed by atoms with van der Waals surface area (Å²) < 4.78 is 27.6. The maximum absolute atomic E-state index is 12.6. The number of anilines is 1. The zero-order valence-electron chi connectivity index (χ0n) is 14.4. The zero-order chi connectivity index (χ0) is 18.6. The number of aryl methyl sites for hydroxylation is 1. The van der Waals surface area contributed by atoms with Crippen LogP contribution in [0.1, 0.15) is 29.8 Å². The first kappa shape index (κ1) is 19.3. The summed E-state index contributed by atoms with van der Waals surface area (Å²) in [6, 6.07) is 11.2. The quantitative estimate of drug-likeness (QED) is 0.825. The molecule has 0 saturated carbocycles. The van der Waals surface area contributed by atoms with Crippen molar-refractivity contribution in [3.8, 4) is 0 Å². The largest absolute Gasteiger partial charge is 0.339 e. The molecule has 25 heavy (non-hydrogen) atoms. The Kier molecular flexibility index (Phi) is 6.08. The van der Waals surface area contributed by atoms with Gasteiger partial charge < -0.3 is 4.90 Å². The Balaban J connectivity index is 2.31. The second-order valence-electron chi connectivity index (χ2n) is 5.60. The smallest absolute Gasteiger partial charge is 0.263 e. The maximum atomic E-state index is 12.6. The van der Waals surface area contributed by atoms with Gasteiger partial charge in [-0.15, -0.1) is 0 Å². The molecule has 0 aromatic heterocycles. The van der Waals surface area contributed by atoms with Gasteiger partial charge in [-0.3, -0.25) is 9.52 Å². The van der Waals surface area contributed by atoms with E-state index in [2.05, 4.69) is 4.72 Å². The molecule has 0 bridgehead atoms. The van der Waals surface area contributed by atoms with E-state index in [4.69, 9.17) is 11.6 Å². The van der Waals surface area contributed by atoms with Crippen molar-refractivity contribution in [1.29, 1.82) is 0 Å². The maximum Gasteiger partial charge on any atom is 0.263 e. The highest BCUT2D eigenvalue weighted by Gasteiger charge is 2.19. The topological polar surface area (TPSA) is 66.5 Å². The first-order valence-electron chi connectivity index (χ1n) is 7.96. The third-order valence-corrected chi connectivity index (χ3v) is 5.65. The minimum absolute atomic E-state index is 0.000221.